The van der Waals surface area contributed by atoms with Gasteiger partial charge in [0.1, 0.15) is 0 Å². The summed E-state index contributed by atoms with van der Waals surface area (Å²) in [5, 5.41) is 8.84. The van der Waals surface area contributed by atoms with Gasteiger partial charge >= 0.3 is 5.97 Å². The zero-order chi connectivity index (χ0) is 13.5. The molecule has 5 nitrogen and oxygen atoms in total. The van der Waals surface area contributed by atoms with Gasteiger partial charge in [0.25, 0.3) is 0 Å². The number of benzene rings is 1. The Balaban J connectivity index is 0.00000324. The number of rotatable bonds is 7. The number of carbonyl (C=O) groups is 1. The molecule has 0 spiro atoms. The van der Waals surface area contributed by atoms with Gasteiger partial charge in [-0.25, -0.2) is 0 Å². The average Bonchev–Trinajstić information content (AvgIpc) is 2.36. The van der Waals surface area contributed by atoms with Crippen molar-refractivity contribution in [2.24, 2.45) is 5.73 Å². The summed E-state index contributed by atoms with van der Waals surface area (Å²) in [4.78, 5) is 10.8. The Kier molecular flexibility index (Phi) is 7.95. The normalized spacial score (nSPS) is 11.3. The van der Waals surface area contributed by atoms with Crippen LogP contribution in [0.3, 0.4) is 0 Å². The molecular weight excluding hydrogens is 270 g/mol. The van der Waals surface area contributed by atoms with E-state index in [1.165, 1.54) is 0 Å². The minimum absolute atomic E-state index is 0. The predicted octanol–water partition coefficient (Wildman–Crippen LogP) is 2.03. The molecule has 0 saturated carbocycles. The van der Waals surface area contributed by atoms with Crippen molar-refractivity contribution < 1.29 is 19.4 Å². The van der Waals surface area contributed by atoms with E-state index in [4.69, 9.17) is 20.3 Å². The molecule has 1 unspecified atom stereocenters. The fourth-order valence-electron chi connectivity index (χ4n) is 1.76. The van der Waals surface area contributed by atoms with Gasteiger partial charge < -0.3 is 20.3 Å². The van der Waals surface area contributed by atoms with Crippen molar-refractivity contribution in [3.63, 3.8) is 0 Å². The summed E-state index contributed by atoms with van der Waals surface area (Å²) in [5.74, 6) is 0.167. The monoisotopic (exact) mass is 289 g/mol. The fourth-order valence-corrected chi connectivity index (χ4v) is 1.76. The van der Waals surface area contributed by atoms with Crippen molar-refractivity contribution in [1.29, 1.82) is 0 Å². The number of aliphatic carboxylic acids is 1. The molecular formula is C13H20ClNO4. The first-order valence-corrected chi connectivity index (χ1v) is 5.85. The molecule has 0 aromatic heterocycles. The summed E-state index contributed by atoms with van der Waals surface area (Å²) < 4.78 is 10.6. The topological polar surface area (TPSA) is 81.8 Å². The lowest BCUT2D eigenvalue weighted by molar-refractivity contribution is -0.137. The zero-order valence-corrected chi connectivity index (χ0v) is 11.9. The molecule has 108 valence electrons. The van der Waals surface area contributed by atoms with Gasteiger partial charge in [0.05, 0.1) is 20.1 Å². The number of hydrogen-bond donors (Lipinski definition) is 2. The Hall–Kier alpha value is -1.46. The van der Waals surface area contributed by atoms with Gasteiger partial charge in [-0.1, -0.05) is 6.07 Å². The second-order valence-corrected chi connectivity index (χ2v) is 3.87. The summed E-state index contributed by atoms with van der Waals surface area (Å²) >= 11 is 0. The van der Waals surface area contributed by atoms with Crippen LogP contribution in [0.25, 0.3) is 0 Å². The van der Waals surface area contributed by atoms with E-state index < -0.39 is 5.97 Å². The van der Waals surface area contributed by atoms with Crippen molar-refractivity contribution in [1.82, 2.24) is 0 Å². The van der Waals surface area contributed by atoms with Crippen LogP contribution < -0.4 is 15.2 Å². The molecule has 0 heterocycles. The van der Waals surface area contributed by atoms with Gasteiger partial charge in [-0.15, -0.1) is 12.4 Å². The highest BCUT2D eigenvalue weighted by molar-refractivity contribution is 5.85. The minimum atomic E-state index is -0.862. The van der Waals surface area contributed by atoms with E-state index >= 15 is 0 Å². The molecule has 0 fully saturated rings. The number of methoxy groups -OCH3 is 1. The van der Waals surface area contributed by atoms with Crippen LogP contribution in [0.1, 0.15) is 24.8 Å². The standard InChI is InChI=1S/C13H19NO4.ClH/c1-3-18-12-6-9(4-5-11(12)17-2)10(8-14)7-13(15)16;/h4-6,10H,3,7-8,14H2,1-2H3,(H,15,16);1H. The van der Waals surface area contributed by atoms with E-state index in [0.29, 0.717) is 18.1 Å². The number of halogens is 1. The molecule has 0 amide bonds. The highest BCUT2D eigenvalue weighted by Gasteiger charge is 2.16. The Labute approximate surface area is 119 Å². The van der Waals surface area contributed by atoms with Gasteiger partial charge in [0, 0.05) is 5.92 Å². The summed E-state index contributed by atoms with van der Waals surface area (Å²) in [6.07, 6.45) is 0.00833. The number of carboxylic acid groups (broad SMARTS) is 1. The van der Waals surface area contributed by atoms with Crippen molar-refractivity contribution in [2.45, 2.75) is 19.3 Å². The van der Waals surface area contributed by atoms with Crippen LogP contribution in [-0.4, -0.2) is 31.3 Å². The Morgan fingerprint density at radius 1 is 1.42 bits per heavy atom. The predicted molar refractivity (Wildman–Crippen MR) is 75.5 cm³/mol. The van der Waals surface area contributed by atoms with Crippen LogP contribution in [0.2, 0.25) is 0 Å². The summed E-state index contributed by atoms with van der Waals surface area (Å²) in [7, 11) is 1.56. The van der Waals surface area contributed by atoms with E-state index in [2.05, 4.69) is 0 Å². The minimum Gasteiger partial charge on any atom is -0.493 e. The van der Waals surface area contributed by atoms with Crippen LogP contribution >= 0.6 is 12.4 Å². The third-order valence-electron chi connectivity index (χ3n) is 2.66. The van der Waals surface area contributed by atoms with Gasteiger partial charge in [0.2, 0.25) is 0 Å². The first-order valence-electron chi connectivity index (χ1n) is 5.85. The lowest BCUT2D eigenvalue weighted by Gasteiger charge is -2.16. The molecule has 3 N–H and O–H groups in total. The largest absolute Gasteiger partial charge is 0.493 e. The lowest BCUT2D eigenvalue weighted by Crippen LogP contribution is -2.16. The molecule has 0 aliphatic rings. The molecule has 19 heavy (non-hydrogen) atoms. The molecule has 1 rings (SSSR count). The smallest absolute Gasteiger partial charge is 0.304 e. The summed E-state index contributed by atoms with van der Waals surface area (Å²) in [6, 6.07) is 5.38. The quantitative estimate of drug-likeness (QED) is 0.803. The van der Waals surface area contributed by atoms with Crippen molar-refractivity contribution in [3.8, 4) is 11.5 Å². The van der Waals surface area contributed by atoms with Gasteiger partial charge in [0.15, 0.2) is 11.5 Å². The Morgan fingerprint density at radius 2 is 2.11 bits per heavy atom. The van der Waals surface area contributed by atoms with Crippen LogP contribution in [0.5, 0.6) is 11.5 Å². The molecule has 0 bridgehead atoms. The molecule has 0 saturated heterocycles. The summed E-state index contributed by atoms with van der Waals surface area (Å²) in [5.41, 5.74) is 6.46. The fraction of sp³-hybridized carbons (Fsp3) is 0.462. The van der Waals surface area contributed by atoms with E-state index in [1.54, 1.807) is 19.2 Å². The van der Waals surface area contributed by atoms with E-state index in [-0.39, 0.29) is 31.3 Å². The third kappa shape index (κ3) is 4.96. The van der Waals surface area contributed by atoms with E-state index in [0.717, 1.165) is 5.56 Å². The summed E-state index contributed by atoms with van der Waals surface area (Å²) in [6.45, 7) is 2.68. The maximum Gasteiger partial charge on any atom is 0.304 e. The maximum absolute atomic E-state index is 10.8. The van der Waals surface area contributed by atoms with Crippen LogP contribution in [-0.2, 0) is 4.79 Å². The third-order valence-corrected chi connectivity index (χ3v) is 2.66. The Bertz CT molecular complexity index is 412. The number of hydrogen-bond acceptors (Lipinski definition) is 4. The van der Waals surface area contributed by atoms with Gasteiger partial charge in [-0.05, 0) is 31.2 Å². The van der Waals surface area contributed by atoms with Crippen molar-refractivity contribution in [2.75, 3.05) is 20.3 Å². The highest BCUT2D eigenvalue weighted by atomic mass is 35.5. The molecule has 1 aromatic carbocycles. The van der Waals surface area contributed by atoms with E-state index in [9.17, 15) is 4.79 Å². The Morgan fingerprint density at radius 3 is 2.58 bits per heavy atom. The van der Waals surface area contributed by atoms with Gasteiger partial charge in [-0.3, -0.25) is 4.79 Å². The molecule has 0 aliphatic heterocycles. The van der Waals surface area contributed by atoms with Crippen molar-refractivity contribution in [3.05, 3.63) is 23.8 Å². The lowest BCUT2D eigenvalue weighted by atomic mass is 9.95. The number of ether oxygens (including phenoxy) is 2. The van der Waals surface area contributed by atoms with Crippen molar-refractivity contribution >= 4 is 18.4 Å². The van der Waals surface area contributed by atoms with E-state index in [1.807, 2.05) is 13.0 Å². The zero-order valence-electron chi connectivity index (χ0n) is 11.1. The number of nitrogens with two attached hydrogens (primary N) is 1. The SMILES string of the molecule is CCOc1cc(C(CN)CC(=O)O)ccc1OC.Cl. The van der Waals surface area contributed by atoms with Crippen LogP contribution in [0, 0.1) is 0 Å². The highest BCUT2D eigenvalue weighted by Crippen LogP contribution is 2.31. The second kappa shape index (κ2) is 8.61. The molecule has 0 radical (unpaired) electrons. The van der Waals surface area contributed by atoms with Crippen LogP contribution in [0.4, 0.5) is 0 Å². The molecule has 6 heteroatoms. The molecule has 1 aromatic rings. The number of carboxylic acids is 1. The van der Waals surface area contributed by atoms with Gasteiger partial charge in [-0.2, -0.15) is 0 Å². The maximum atomic E-state index is 10.8. The van der Waals surface area contributed by atoms with Crippen LogP contribution in [0.15, 0.2) is 18.2 Å². The first kappa shape index (κ1) is 17.5. The second-order valence-electron chi connectivity index (χ2n) is 3.87. The molecule has 0 aliphatic carbocycles. The average molecular weight is 290 g/mol. The first-order chi connectivity index (χ1) is 8.62. The molecule has 1 atom stereocenters.